The molecule has 2 aromatic heterocycles. The number of nitrogens with zero attached hydrogens (tertiary/aromatic N) is 1. The van der Waals surface area contributed by atoms with Gasteiger partial charge in [0.05, 0.1) is 30.7 Å². The number of aromatic nitrogens is 1. The topological polar surface area (TPSA) is 87.9 Å². The lowest BCUT2D eigenvalue weighted by Gasteiger charge is -2.12. The summed E-state index contributed by atoms with van der Waals surface area (Å²) in [6.07, 6.45) is 2.99. The zero-order valence-electron chi connectivity index (χ0n) is 17.2. The molecule has 7 heteroatoms. The third kappa shape index (κ3) is 3.85. The maximum absolute atomic E-state index is 13.2. The quantitative estimate of drug-likeness (QED) is 0.351. The Morgan fingerprint density at radius 3 is 2.52 bits per heavy atom. The predicted molar refractivity (Wildman–Crippen MR) is 115 cm³/mol. The van der Waals surface area contributed by atoms with Crippen molar-refractivity contribution in [3.05, 3.63) is 82.5 Å². The lowest BCUT2D eigenvalue weighted by atomic mass is 10.0. The van der Waals surface area contributed by atoms with E-state index in [1.54, 1.807) is 62.7 Å². The van der Waals surface area contributed by atoms with E-state index < -0.39 is 5.97 Å². The number of benzene rings is 2. The van der Waals surface area contributed by atoms with Crippen molar-refractivity contribution in [2.45, 2.75) is 6.92 Å². The molecule has 2 heterocycles. The molecule has 2 aromatic carbocycles. The molecule has 0 amide bonds. The molecule has 31 heavy (non-hydrogen) atoms. The first-order valence-electron chi connectivity index (χ1n) is 9.44. The van der Waals surface area contributed by atoms with E-state index in [1.165, 1.54) is 19.4 Å². The summed E-state index contributed by atoms with van der Waals surface area (Å²) >= 11 is 0. The number of esters is 1. The maximum atomic E-state index is 13.2. The van der Waals surface area contributed by atoms with E-state index in [2.05, 4.69) is 4.98 Å². The van der Waals surface area contributed by atoms with Crippen LogP contribution < -0.4 is 19.6 Å². The SMILES string of the molecule is COc1ccc(-c2c(C)oc3cc(OC(=O)c4cccnc4)ccc3c2=O)cc1OC. The van der Waals surface area contributed by atoms with Crippen molar-refractivity contribution < 1.29 is 23.4 Å². The van der Waals surface area contributed by atoms with Gasteiger partial charge in [-0.25, -0.2) is 4.79 Å². The first kappa shape index (κ1) is 20.2. The van der Waals surface area contributed by atoms with Gasteiger partial charge in [0.15, 0.2) is 11.5 Å². The number of carbonyl (C=O) groups excluding carboxylic acids is 1. The first-order chi connectivity index (χ1) is 15.0. The lowest BCUT2D eigenvalue weighted by molar-refractivity contribution is 0.0734. The number of carbonyl (C=O) groups is 1. The minimum absolute atomic E-state index is 0.198. The Bertz CT molecular complexity index is 1330. The molecular formula is C24H19NO6. The van der Waals surface area contributed by atoms with E-state index in [1.807, 2.05) is 0 Å². The lowest BCUT2D eigenvalue weighted by Crippen LogP contribution is -2.10. The number of hydrogen-bond donors (Lipinski definition) is 0. The van der Waals surface area contributed by atoms with Crippen LogP contribution >= 0.6 is 0 Å². The highest BCUT2D eigenvalue weighted by Gasteiger charge is 2.17. The van der Waals surface area contributed by atoms with E-state index in [-0.39, 0.29) is 11.2 Å². The number of fused-ring (bicyclic) bond motifs is 1. The van der Waals surface area contributed by atoms with Crippen LogP contribution in [0.2, 0.25) is 0 Å². The molecule has 0 aliphatic rings. The molecule has 0 saturated heterocycles. The summed E-state index contributed by atoms with van der Waals surface area (Å²) in [5.74, 6) is 1.22. The Balaban J connectivity index is 1.74. The van der Waals surface area contributed by atoms with E-state index in [9.17, 15) is 9.59 Å². The molecule has 4 aromatic rings. The molecule has 0 spiro atoms. The summed E-state index contributed by atoms with van der Waals surface area (Å²) in [5, 5.41) is 0.372. The fourth-order valence-corrected chi connectivity index (χ4v) is 3.32. The summed E-state index contributed by atoms with van der Waals surface area (Å²) in [5.41, 5.74) is 1.52. The molecular weight excluding hydrogens is 398 g/mol. The van der Waals surface area contributed by atoms with Crippen LogP contribution in [0.15, 0.2) is 70.1 Å². The van der Waals surface area contributed by atoms with Gasteiger partial charge in [-0.3, -0.25) is 9.78 Å². The highest BCUT2D eigenvalue weighted by molar-refractivity contribution is 5.91. The minimum Gasteiger partial charge on any atom is -0.493 e. The smallest absolute Gasteiger partial charge is 0.345 e. The zero-order chi connectivity index (χ0) is 22.0. The van der Waals surface area contributed by atoms with Crippen molar-refractivity contribution in [1.82, 2.24) is 4.98 Å². The molecule has 4 rings (SSSR count). The third-order valence-corrected chi connectivity index (χ3v) is 4.82. The Morgan fingerprint density at radius 2 is 1.81 bits per heavy atom. The molecule has 0 saturated carbocycles. The molecule has 0 bridgehead atoms. The Morgan fingerprint density at radius 1 is 1.00 bits per heavy atom. The third-order valence-electron chi connectivity index (χ3n) is 4.82. The Labute approximate surface area is 177 Å². The molecule has 0 radical (unpaired) electrons. The first-order valence-corrected chi connectivity index (χ1v) is 9.44. The van der Waals surface area contributed by atoms with Crippen molar-refractivity contribution in [3.63, 3.8) is 0 Å². The van der Waals surface area contributed by atoms with Gasteiger partial charge in [0, 0.05) is 18.5 Å². The standard InChI is InChI=1S/C24H19NO6/c1-14-22(15-6-9-19(28-2)21(11-15)29-3)23(26)18-8-7-17(12-20(18)30-14)31-24(27)16-5-4-10-25-13-16/h4-13H,1-3H3. The van der Waals surface area contributed by atoms with Gasteiger partial charge in [-0.2, -0.15) is 0 Å². The number of rotatable bonds is 5. The number of ether oxygens (including phenoxy) is 3. The summed E-state index contributed by atoms with van der Waals surface area (Å²) in [6, 6.07) is 13.2. The monoisotopic (exact) mass is 417 g/mol. The molecule has 7 nitrogen and oxygen atoms in total. The average Bonchev–Trinajstić information content (AvgIpc) is 2.79. The van der Waals surface area contributed by atoms with Crippen LogP contribution in [-0.2, 0) is 0 Å². The van der Waals surface area contributed by atoms with Crippen LogP contribution in [0, 0.1) is 6.92 Å². The maximum Gasteiger partial charge on any atom is 0.345 e. The van der Waals surface area contributed by atoms with Gasteiger partial charge in [0.1, 0.15) is 17.1 Å². The van der Waals surface area contributed by atoms with Crippen LogP contribution in [0.25, 0.3) is 22.1 Å². The second-order valence-electron chi connectivity index (χ2n) is 6.72. The molecule has 156 valence electrons. The largest absolute Gasteiger partial charge is 0.493 e. The summed E-state index contributed by atoms with van der Waals surface area (Å²) in [6.45, 7) is 1.71. The molecule has 0 N–H and O–H groups in total. The van der Waals surface area contributed by atoms with Crippen molar-refractivity contribution in [1.29, 1.82) is 0 Å². The van der Waals surface area contributed by atoms with Crippen LogP contribution in [-0.4, -0.2) is 25.2 Å². The van der Waals surface area contributed by atoms with Gasteiger partial charge >= 0.3 is 5.97 Å². The minimum atomic E-state index is -0.548. The van der Waals surface area contributed by atoms with E-state index >= 15 is 0 Å². The van der Waals surface area contributed by atoms with Crippen LogP contribution in [0.4, 0.5) is 0 Å². The van der Waals surface area contributed by atoms with Crippen molar-refractivity contribution in [2.75, 3.05) is 14.2 Å². The van der Waals surface area contributed by atoms with E-state index in [0.717, 1.165) is 0 Å². The highest BCUT2D eigenvalue weighted by atomic mass is 16.5. The number of aryl methyl sites for hydroxylation is 1. The van der Waals surface area contributed by atoms with Gasteiger partial charge in [-0.1, -0.05) is 6.07 Å². The highest BCUT2D eigenvalue weighted by Crippen LogP contribution is 2.33. The van der Waals surface area contributed by atoms with Gasteiger partial charge in [-0.15, -0.1) is 0 Å². The van der Waals surface area contributed by atoms with Crippen LogP contribution in [0.3, 0.4) is 0 Å². The predicted octanol–water partition coefficient (Wildman–Crippen LogP) is 4.40. The van der Waals surface area contributed by atoms with Crippen molar-refractivity contribution in [3.8, 4) is 28.4 Å². The fourth-order valence-electron chi connectivity index (χ4n) is 3.32. The normalized spacial score (nSPS) is 10.7. The summed E-state index contributed by atoms with van der Waals surface area (Å²) in [7, 11) is 3.08. The van der Waals surface area contributed by atoms with Gasteiger partial charge < -0.3 is 18.6 Å². The summed E-state index contributed by atoms with van der Waals surface area (Å²) in [4.78, 5) is 29.4. The van der Waals surface area contributed by atoms with Gasteiger partial charge in [0.2, 0.25) is 5.43 Å². The van der Waals surface area contributed by atoms with Gasteiger partial charge in [-0.05, 0) is 48.9 Å². The summed E-state index contributed by atoms with van der Waals surface area (Å²) < 4.78 is 21.9. The Kier molecular flexibility index (Phi) is 5.41. The molecule has 0 unspecified atom stereocenters. The van der Waals surface area contributed by atoms with Gasteiger partial charge in [0.25, 0.3) is 0 Å². The number of pyridine rings is 1. The van der Waals surface area contributed by atoms with E-state index in [4.69, 9.17) is 18.6 Å². The second-order valence-corrected chi connectivity index (χ2v) is 6.72. The molecule has 0 aliphatic carbocycles. The van der Waals surface area contributed by atoms with Crippen molar-refractivity contribution in [2.24, 2.45) is 0 Å². The van der Waals surface area contributed by atoms with Crippen LogP contribution in [0.5, 0.6) is 17.2 Å². The average molecular weight is 417 g/mol. The number of hydrogen-bond acceptors (Lipinski definition) is 7. The Hall–Kier alpha value is -4.13. The fraction of sp³-hybridized carbons (Fsp3) is 0.125. The zero-order valence-corrected chi connectivity index (χ0v) is 17.2. The molecule has 0 aliphatic heterocycles. The van der Waals surface area contributed by atoms with Crippen molar-refractivity contribution >= 4 is 16.9 Å². The molecule has 0 fully saturated rings. The van der Waals surface area contributed by atoms with E-state index in [0.29, 0.717) is 44.9 Å². The second kappa shape index (κ2) is 8.31. The molecule has 0 atom stereocenters. The van der Waals surface area contributed by atoms with Crippen LogP contribution in [0.1, 0.15) is 16.1 Å². The number of methoxy groups -OCH3 is 2.